The number of alkyl halides is 2. The third kappa shape index (κ3) is 3.05. The first kappa shape index (κ1) is 16.6. The number of hydrogen-bond acceptors (Lipinski definition) is 3. The van der Waals surface area contributed by atoms with Crippen LogP contribution in [0.25, 0.3) is 0 Å². The highest BCUT2D eigenvalue weighted by Gasteiger charge is 2.57. The highest BCUT2D eigenvalue weighted by atomic mass is 35.5. The van der Waals surface area contributed by atoms with Gasteiger partial charge in [0, 0.05) is 0 Å². The summed E-state index contributed by atoms with van der Waals surface area (Å²) in [5, 5.41) is 0. The van der Waals surface area contributed by atoms with Crippen LogP contribution >= 0.6 is 23.2 Å². The summed E-state index contributed by atoms with van der Waals surface area (Å²) in [5.74, 6) is -1.33. The molecule has 1 N–H and O–H groups in total. The van der Waals surface area contributed by atoms with Crippen molar-refractivity contribution < 1.29 is 13.2 Å². The van der Waals surface area contributed by atoms with Gasteiger partial charge in [-0.05, 0) is 56.4 Å². The number of carbonyl (C=O) groups is 1. The average Bonchev–Trinajstić information content (AvgIpc) is 2.95. The molecule has 0 saturated heterocycles. The summed E-state index contributed by atoms with van der Waals surface area (Å²) in [7, 11) is -3.94. The van der Waals surface area contributed by atoms with Gasteiger partial charge >= 0.3 is 0 Å². The number of amides is 1. The van der Waals surface area contributed by atoms with Crippen LogP contribution in [-0.2, 0) is 14.8 Å². The molecule has 1 aromatic rings. The Balaban J connectivity index is 2.39. The predicted molar refractivity (Wildman–Crippen MR) is 83.3 cm³/mol. The van der Waals surface area contributed by atoms with E-state index in [0.29, 0.717) is 11.1 Å². The van der Waals surface area contributed by atoms with Crippen molar-refractivity contribution in [2.45, 2.75) is 43.3 Å². The Labute approximate surface area is 134 Å². The summed E-state index contributed by atoms with van der Waals surface area (Å²) in [4.78, 5) is 12.1. The molecule has 2 rings (SSSR count). The van der Waals surface area contributed by atoms with Crippen LogP contribution in [0.15, 0.2) is 11.0 Å². The summed E-state index contributed by atoms with van der Waals surface area (Å²) in [6.45, 7) is 7.13. The number of sulfonamides is 1. The quantitative estimate of drug-likeness (QED) is 0.853. The van der Waals surface area contributed by atoms with E-state index in [9.17, 15) is 13.2 Å². The van der Waals surface area contributed by atoms with Gasteiger partial charge in [-0.15, -0.1) is 23.2 Å². The molecule has 116 valence electrons. The van der Waals surface area contributed by atoms with E-state index in [1.807, 2.05) is 19.9 Å². The van der Waals surface area contributed by atoms with Gasteiger partial charge in [-0.2, -0.15) is 0 Å². The standard InChI is InChI=1S/C14H17Cl2NO3S/c1-7-5-8(2)10(4)12(9(7)3)21(19,20)17-13(18)11-6-14(11,15)16/h5,11H,6H2,1-4H3,(H,17,18). The molecular weight excluding hydrogens is 333 g/mol. The second-order valence-electron chi connectivity index (χ2n) is 5.58. The normalized spacial score (nSPS) is 20.2. The van der Waals surface area contributed by atoms with E-state index < -0.39 is 26.2 Å². The van der Waals surface area contributed by atoms with E-state index in [4.69, 9.17) is 23.2 Å². The third-order valence-electron chi connectivity index (χ3n) is 3.94. The van der Waals surface area contributed by atoms with Crippen molar-refractivity contribution in [1.29, 1.82) is 0 Å². The molecule has 1 aliphatic rings. The Morgan fingerprint density at radius 3 is 2.00 bits per heavy atom. The molecule has 1 aromatic carbocycles. The first-order valence-electron chi connectivity index (χ1n) is 6.49. The van der Waals surface area contributed by atoms with Gasteiger partial charge in [0.2, 0.25) is 5.91 Å². The van der Waals surface area contributed by atoms with Gasteiger partial charge in [0.15, 0.2) is 0 Å². The predicted octanol–water partition coefficient (Wildman–Crippen LogP) is 2.92. The second kappa shape index (κ2) is 5.14. The van der Waals surface area contributed by atoms with Crippen LogP contribution in [0.1, 0.15) is 28.7 Å². The molecule has 1 fully saturated rings. The molecule has 0 aliphatic heterocycles. The number of hydrogen-bond donors (Lipinski definition) is 1. The molecule has 1 saturated carbocycles. The van der Waals surface area contributed by atoms with Gasteiger partial charge in [-0.1, -0.05) is 6.07 Å². The number of nitrogens with one attached hydrogen (secondary N) is 1. The van der Waals surface area contributed by atoms with Crippen LogP contribution < -0.4 is 4.72 Å². The fraction of sp³-hybridized carbons (Fsp3) is 0.500. The lowest BCUT2D eigenvalue weighted by Gasteiger charge is -2.16. The summed E-state index contributed by atoms with van der Waals surface area (Å²) in [6.07, 6.45) is 0.266. The highest BCUT2D eigenvalue weighted by molar-refractivity contribution is 7.90. The maximum absolute atomic E-state index is 12.5. The zero-order valence-corrected chi connectivity index (χ0v) is 14.6. The van der Waals surface area contributed by atoms with Crippen molar-refractivity contribution in [3.63, 3.8) is 0 Å². The van der Waals surface area contributed by atoms with E-state index in [0.717, 1.165) is 11.1 Å². The van der Waals surface area contributed by atoms with Gasteiger partial charge in [0.25, 0.3) is 10.0 Å². The topological polar surface area (TPSA) is 63.2 Å². The fourth-order valence-electron chi connectivity index (χ4n) is 2.34. The molecule has 0 spiro atoms. The van der Waals surface area contributed by atoms with E-state index >= 15 is 0 Å². The SMILES string of the molecule is Cc1cc(C)c(C)c(S(=O)(=O)NC(=O)C2CC2(Cl)Cl)c1C. The maximum atomic E-state index is 12.5. The van der Waals surface area contributed by atoms with Gasteiger partial charge in [0.1, 0.15) is 4.33 Å². The minimum absolute atomic E-state index is 0.156. The first-order valence-corrected chi connectivity index (χ1v) is 8.73. The molecule has 0 heterocycles. The molecule has 1 amide bonds. The third-order valence-corrected chi connectivity index (χ3v) is 6.40. The lowest BCUT2D eigenvalue weighted by Crippen LogP contribution is -2.34. The largest absolute Gasteiger partial charge is 0.274 e. The van der Waals surface area contributed by atoms with Crippen molar-refractivity contribution in [3.8, 4) is 0 Å². The summed E-state index contributed by atoms with van der Waals surface area (Å²) < 4.78 is 26.0. The Morgan fingerprint density at radius 2 is 1.62 bits per heavy atom. The smallest absolute Gasteiger partial charge is 0.264 e. The summed E-state index contributed by atoms with van der Waals surface area (Å²) in [6, 6.07) is 1.93. The Hall–Kier alpha value is -0.780. The molecule has 21 heavy (non-hydrogen) atoms. The molecule has 7 heteroatoms. The van der Waals surface area contributed by atoms with Crippen molar-refractivity contribution in [2.75, 3.05) is 0 Å². The fourth-order valence-corrected chi connectivity index (χ4v) is 4.48. The number of rotatable bonds is 3. The van der Waals surface area contributed by atoms with E-state index in [1.54, 1.807) is 13.8 Å². The second-order valence-corrected chi connectivity index (χ2v) is 8.74. The van der Waals surface area contributed by atoms with Crippen LogP contribution in [0.3, 0.4) is 0 Å². The molecule has 1 aliphatic carbocycles. The summed E-state index contributed by atoms with van der Waals surface area (Å²) in [5.41, 5.74) is 3.00. The molecule has 1 unspecified atom stereocenters. The Morgan fingerprint density at radius 1 is 1.19 bits per heavy atom. The first-order chi connectivity index (χ1) is 9.47. The molecule has 0 bridgehead atoms. The van der Waals surface area contributed by atoms with Crippen LogP contribution in [0, 0.1) is 33.6 Å². The number of aryl methyl sites for hydroxylation is 2. The molecular formula is C14H17Cl2NO3S. The van der Waals surface area contributed by atoms with Crippen LogP contribution in [0.2, 0.25) is 0 Å². The molecule has 4 nitrogen and oxygen atoms in total. The molecule has 0 aromatic heterocycles. The van der Waals surface area contributed by atoms with Crippen LogP contribution in [-0.4, -0.2) is 18.7 Å². The monoisotopic (exact) mass is 349 g/mol. The van der Waals surface area contributed by atoms with Crippen LogP contribution in [0.5, 0.6) is 0 Å². The van der Waals surface area contributed by atoms with Crippen molar-refractivity contribution in [1.82, 2.24) is 4.72 Å². The zero-order valence-electron chi connectivity index (χ0n) is 12.3. The minimum atomic E-state index is -3.94. The van der Waals surface area contributed by atoms with Gasteiger partial charge < -0.3 is 0 Å². The van der Waals surface area contributed by atoms with Gasteiger partial charge in [-0.25, -0.2) is 13.1 Å². The summed E-state index contributed by atoms with van der Waals surface area (Å²) >= 11 is 11.6. The van der Waals surface area contributed by atoms with E-state index in [1.165, 1.54) is 0 Å². The van der Waals surface area contributed by atoms with Crippen molar-refractivity contribution in [2.24, 2.45) is 5.92 Å². The Kier molecular flexibility index (Phi) is 4.06. The highest BCUT2D eigenvalue weighted by Crippen LogP contribution is 2.53. The lowest BCUT2D eigenvalue weighted by molar-refractivity contribution is -0.120. The number of carbonyl (C=O) groups excluding carboxylic acids is 1. The van der Waals surface area contributed by atoms with Gasteiger partial charge in [0.05, 0.1) is 10.8 Å². The zero-order chi connectivity index (χ0) is 16.2. The molecule has 0 radical (unpaired) electrons. The molecule has 1 atom stereocenters. The lowest BCUT2D eigenvalue weighted by atomic mass is 10.0. The van der Waals surface area contributed by atoms with Gasteiger partial charge in [-0.3, -0.25) is 4.79 Å². The minimum Gasteiger partial charge on any atom is -0.274 e. The number of benzene rings is 1. The van der Waals surface area contributed by atoms with Crippen LogP contribution in [0.4, 0.5) is 0 Å². The van der Waals surface area contributed by atoms with E-state index in [2.05, 4.69) is 4.72 Å². The maximum Gasteiger partial charge on any atom is 0.264 e. The number of halogens is 2. The van der Waals surface area contributed by atoms with Crippen molar-refractivity contribution >= 4 is 39.1 Å². The Bertz CT molecular complexity index is 700. The average molecular weight is 350 g/mol. The van der Waals surface area contributed by atoms with E-state index in [-0.39, 0.29) is 11.3 Å². The van der Waals surface area contributed by atoms with Crippen molar-refractivity contribution in [3.05, 3.63) is 28.3 Å².